The number of hydrogen-bond donors (Lipinski definition) is 3. The van der Waals surface area contributed by atoms with Crippen molar-refractivity contribution in [3.05, 3.63) is 6.33 Å². The zero-order valence-corrected chi connectivity index (χ0v) is 12.9. The first-order chi connectivity index (χ1) is 10.7. The third kappa shape index (κ3) is 3.12. The summed E-state index contributed by atoms with van der Waals surface area (Å²) < 4.78 is 0. The van der Waals surface area contributed by atoms with Gasteiger partial charge in [0.05, 0.1) is 12.4 Å². The van der Waals surface area contributed by atoms with E-state index in [-0.39, 0.29) is 5.95 Å². The van der Waals surface area contributed by atoms with Gasteiger partial charge < -0.3 is 20.7 Å². The van der Waals surface area contributed by atoms with Gasteiger partial charge in [0.15, 0.2) is 11.5 Å². The lowest BCUT2D eigenvalue weighted by atomic mass is 10.3. The van der Waals surface area contributed by atoms with Crippen molar-refractivity contribution < 1.29 is 5.11 Å². The normalized spacial score (nSPS) is 20.5. The molecule has 2 aromatic rings. The maximum Gasteiger partial charge on any atom is 0.224 e. The van der Waals surface area contributed by atoms with E-state index in [9.17, 15) is 5.11 Å². The Labute approximate surface area is 129 Å². The zero-order valence-electron chi connectivity index (χ0n) is 12.9. The average Bonchev–Trinajstić information content (AvgIpc) is 2.87. The molecule has 0 aromatic carbocycles. The van der Waals surface area contributed by atoms with Crippen molar-refractivity contribution in [3.8, 4) is 0 Å². The lowest BCUT2D eigenvalue weighted by Crippen LogP contribution is -2.34. The number of H-pyrrole nitrogens is 1. The van der Waals surface area contributed by atoms with Crippen molar-refractivity contribution in [2.45, 2.75) is 25.9 Å². The van der Waals surface area contributed by atoms with E-state index in [1.807, 2.05) is 0 Å². The summed E-state index contributed by atoms with van der Waals surface area (Å²) in [5, 5.41) is 10.3. The van der Waals surface area contributed by atoms with E-state index >= 15 is 0 Å². The molecule has 0 saturated carbocycles. The largest absolute Gasteiger partial charge is 0.390 e. The van der Waals surface area contributed by atoms with Crippen LogP contribution in [-0.4, -0.2) is 68.8 Å². The predicted octanol–water partition coefficient (Wildman–Crippen LogP) is 0.218. The number of nitrogens with zero attached hydrogens (tertiary/aromatic N) is 5. The molecule has 8 heteroatoms. The highest BCUT2D eigenvalue weighted by Crippen LogP contribution is 2.23. The van der Waals surface area contributed by atoms with Gasteiger partial charge in [-0.15, -0.1) is 0 Å². The number of nitrogens with one attached hydrogen (secondary N) is 1. The molecule has 3 rings (SSSR count). The number of hydrogen-bond acceptors (Lipinski definition) is 7. The molecular weight excluding hydrogens is 282 g/mol. The molecule has 1 saturated heterocycles. The Morgan fingerprint density at radius 1 is 1.36 bits per heavy atom. The zero-order chi connectivity index (χ0) is 15.5. The molecule has 1 atom stereocenters. The second-order valence-electron chi connectivity index (χ2n) is 5.76. The van der Waals surface area contributed by atoms with Crippen LogP contribution in [0.25, 0.3) is 11.2 Å². The van der Waals surface area contributed by atoms with Gasteiger partial charge in [-0.05, 0) is 13.0 Å². The summed E-state index contributed by atoms with van der Waals surface area (Å²) in [6.07, 6.45) is 3.49. The summed E-state index contributed by atoms with van der Waals surface area (Å²) in [6.45, 7) is 6.13. The van der Waals surface area contributed by atoms with Crippen LogP contribution in [0.1, 0.15) is 19.8 Å². The number of unbranched alkanes of at least 4 members (excludes halogenated alkanes) is 1. The summed E-state index contributed by atoms with van der Waals surface area (Å²) in [4.78, 5) is 20.1. The fraction of sp³-hybridized carbons (Fsp3) is 0.643. The Morgan fingerprint density at radius 3 is 3.05 bits per heavy atom. The van der Waals surface area contributed by atoms with Crippen molar-refractivity contribution in [2.75, 3.05) is 43.4 Å². The summed E-state index contributed by atoms with van der Waals surface area (Å²) in [7, 11) is 0. The third-order valence-corrected chi connectivity index (χ3v) is 4.00. The topological polar surface area (TPSA) is 107 Å². The van der Waals surface area contributed by atoms with E-state index in [1.54, 1.807) is 6.33 Å². The molecule has 0 bridgehead atoms. The molecule has 4 N–H and O–H groups in total. The van der Waals surface area contributed by atoms with E-state index < -0.39 is 6.10 Å². The number of imidazole rings is 1. The first kappa shape index (κ1) is 15.0. The number of aliphatic hydroxyl groups is 1. The van der Waals surface area contributed by atoms with Crippen LogP contribution in [0.4, 0.5) is 11.8 Å². The molecular formula is C14H23N7O. The fourth-order valence-electron chi connectivity index (χ4n) is 2.90. The number of fused-ring (bicyclic) bond motifs is 1. The molecule has 1 aliphatic heterocycles. The SMILES string of the molecule is CCCCN1CCN(c2nc(N)nc3nc[nH]c23)C[C@H](O)C1. The Kier molecular flexibility index (Phi) is 4.39. The second-order valence-corrected chi connectivity index (χ2v) is 5.76. The maximum atomic E-state index is 10.3. The first-order valence-corrected chi connectivity index (χ1v) is 7.79. The van der Waals surface area contributed by atoms with Crippen LogP contribution in [0.3, 0.4) is 0 Å². The Morgan fingerprint density at radius 2 is 2.23 bits per heavy atom. The Bertz CT molecular complexity index is 629. The number of nitrogens with two attached hydrogens (primary N) is 1. The molecule has 3 heterocycles. The van der Waals surface area contributed by atoms with E-state index in [0.717, 1.165) is 43.8 Å². The molecule has 0 aliphatic carbocycles. The van der Waals surface area contributed by atoms with Gasteiger partial charge in [0, 0.05) is 26.2 Å². The number of anilines is 2. The van der Waals surface area contributed by atoms with Crippen LogP contribution >= 0.6 is 0 Å². The summed E-state index contributed by atoms with van der Waals surface area (Å²) in [5.41, 5.74) is 7.11. The third-order valence-electron chi connectivity index (χ3n) is 4.00. The van der Waals surface area contributed by atoms with Crippen molar-refractivity contribution in [3.63, 3.8) is 0 Å². The van der Waals surface area contributed by atoms with Gasteiger partial charge in [-0.3, -0.25) is 4.90 Å². The minimum absolute atomic E-state index is 0.205. The highest BCUT2D eigenvalue weighted by molar-refractivity contribution is 5.84. The molecule has 1 aliphatic rings. The highest BCUT2D eigenvalue weighted by Gasteiger charge is 2.24. The molecule has 2 aromatic heterocycles. The molecule has 0 radical (unpaired) electrons. The van der Waals surface area contributed by atoms with Gasteiger partial charge >= 0.3 is 0 Å². The van der Waals surface area contributed by atoms with Gasteiger partial charge in [-0.2, -0.15) is 9.97 Å². The highest BCUT2D eigenvalue weighted by atomic mass is 16.3. The Balaban J connectivity index is 1.83. The van der Waals surface area contributed by atoms with Gasteiger partial charge in [-0.1, -0.05) is 13.3 Å². The van der Waals surface area contributed by atoms with Gasteiger partial charge in [0.2, 0.25) is 5.95 Å². The van der Waals surface area contributed by atoms with E-state index in [0.29, 0.717) is 18.7 Å². The van der Waals surface area contributed by atoms with Crippen LogP contribution < -0.4 is 10.6 Å². The van der Waals surface area contributed by atoms with Crippen LogP contribution in [0, 0.1) is 0 Å². The summed E-state index contributed by atoms with van der Waals surface area (Å²) in [5.74, 6) is 0.924. The molecule has 8 nitrogen and oxygen atoms in total. The van der Waals surface area contributed by atoms with Crippen molar-refractivity contribution in [2.24, 2.45) is 0 Å². The average molecular weight is 305 g/mol. The number of β-amino-alcohol motifs (C(OH)–C–C–N with tert-alkyl or cyclic N) is 1. The van der Waals surface area contributed by atoms with Crippen LogP contribution in [-0.2, 0) is 0 Å². The first-order valence-electron chi connectivity index (χ1n) is 7.79. The van der Waals surface area contributed by atoms with Gasteiger partial charge in [0.1, 0.15) is 5.52 Å². The standard InChI is InChI=1S/C14H23N7O/c1-2-3-4-20-5-6-21(8-10(22)7-20)13-11-12(17-9-16-11)18-14(15)19-13/h9-10,22H,2-8H2,1H3,(H3,15,16,17,18,19)/t10-/m1/s1. The minimum atomic E-state index is -0.409. The molecule has 120 valence electrons. The number of aromatic nitrogens is 4. The molecule has 0 amide bonds. The molecule has 22 heavy (non-hydrogen) atoms. The van der Waals surface area contributed by atoms with E-state index in [1.165, 1.54) is 0 Å². The van der Waals surface area contributed by atoms with Gasteiger partial charge in [0.25, 0.3) is 0 Å². The minimum Gasteiger partial charge on any atom is -0.390 e. The molecule has 1 fully saturated rings. The lowest BCUT2D eigenvalue weighted by molar-refractivity contribution is 0.132. The van der Waals surface area contributed by atoms with Crippen LogP contribution in [0.5, 0.6) is 0 Å². The molecule has 0 spiro atoms. The Hall–Kier alpha value is -1.93. The lowest BCUT2D eigenvalue weighted by Gasteiger charge is -2.23. The summed E-state index contributed by atoms with van der Waals surface area (Å²) >= 11 is 0. The molecule has 0 unspecified atom stereocenters. The smallest absolute Gasteiger partial charge is 0.224 e. The number of aliphatic hydroxyl groups excluding tert-OH is 1. The van der Waals surface area contributed by atoms with Gasteiger partial charge in [-0.25, -0.2) is 4.98 Å². The maximum absolute atomic E-state index is 10.3. The van der Waals surface area contributed by atoms with E-state index in [4.69, 9.17) is 5.73 Å². The van der Waals surface area contributed by atoms with Crippen molar-refractivity contribution >= 4 is 22.9 Å². The summed E-state index contributed by atoms with van der Waals surface area (Å²) in [6, 6.07) is 0. The predicted molar refractivity (Wildman–Crippen MR) is 85.7 cm³/mol. The van der Waals surface area contributed by atoms with E-state index in [2.05, 4.69) is 36.7 Å². The van der Waals surface area contributed by atoms with Crippen molar-refractivity contribution in [1.29, 1.82) is 0 Å². The quantitative estimate of drug-likeness (QED) is 0.741. The number of nitrogen functional groups attached to an aromatic ring is 1. The fourth-order valence-corrected chi connectivity index (χ4v) is 2.90. The number of aromatic amines is 1. The number of rotatable bonds is 4. The van der Waals surface area contributed by atoms with Crippen LogP contribution in [0.2, 0.25) is 0 Å². The second kappa shape index (κ2) is 6.45. The monoisotopic (exact) mass is 305 g/mol. The van der Waals surface area contributed by atoms with Crippen LogP contribution in [0.15, 0.2) is 6.33 Å². The van der Waals surface area contributed by atoms with Crippen molar-refractivity contribution in [1.82, 2.24) is 24.8 Å².